The number of carbonyl (C=O) groups is 1. The number of hydrogen-bond acceptors (Lipinski definition) is 7. The van der Waals surface area contributed by atoms with Crippen molar-refractivity contribution >= 4 is 13.4 Å². The summed E-state index contributed by atoms with van der Waals surface area (Å²) in [6.45, 7) is 16.5. The summed E-state index contributed by atoms with van der Waals surface area (Å²) < 4.78 is 40.1. The maximum Gasteiger partial charge on any atom is 0.343 e. The quantitative estimate of drug-likeness (QED) is 0.176. The van der Waals surface area contributed by atoms with Crippen LogP contribution in [-0.4, -0.2) is 52.3 Å². The number of benzene rings is 1. The first-order chi connectivity index (χ1) is 14.6. The lowest BCUT2D eigenvalue weighted by molar-refractivity contribution is -0.00992. The fourth-order valence-corrected chi connectivity index (χ4v) is 4.78. The van der Waals surface area contributed by atoms with Gasteiger partial charge < -0.3 is 23.3 Å². The molecule has 0 aliphatic rings. The maximum absolute atomic E-state index is 13.6. The molecule has 1 rings (SSSR count). The number of carbonyl (C=O) groups excluding carboxylic acids is 1. The molecular weight excluding hydrogens is 431 g/mol. The summed E-state index contributed by atoms with van der Waals surface area (Å²) in [5, 5.41) is -1.37. The number of methoxy groups -OCH3 is 1. The summed E-state index contributed by atoms with van der Waals surface area (Å²) >= 11 is 0. The molecule has 0 N–H and O–H groups in total. The normalized spacial score (nSPS) is 13.3. The molecule has 0 saturated carbocycles. The van der Waals surface area contributed by atoms with Crippen molar-refractivity contribution in [1.29, 1.82) is 0 Å². The minimum absolute atomic E-state index is 0.0663. The molecule has 1 aromatic carbocycles. The monoisotopic (exact) mass is 472 g/mol. The van der Waals surface area contributed by atoms with Crippen molar-refractivity contribution in [3.8, 4) is 5.75 Å². The van der Waals surface area contributed by atoms with E-state index in [9.17, 15) is 9.36 Å². The van der Waals surface area contributed by atoms with Crippen molar-refractivity contribution in [2.45, 2.75) is 71.4 Å². The molecule has 32 heavy (non-hydrogen) atoms. The van der Waals surface area contributed by atoms with E-state index in [1.807, 2.05) is 12.1 Å². The average molecular weight is 473 g/mol. The summed E-state index contributed by atoms with van der Waals surface area (Å²) in [4.78, 5) is 13.6. The molecule has 1 aromatic rings. The number of ketones is 1. The Labute approximate surface area is 193 Å². The van der Waals surface area contributed by atoms with E-state index in [0.29, 0.717) is 24.5 Å². The highest BCUT2D eigenvalue weighted by molar-refractivity contribution is 7.56. The van der Waals surface area contributed by atoms with E-state index in [1.54, 1.807) is 21.0 Å². The molecule has 7 nitrogen and oxygen atoms in total. The van der Waals surface area contributed by atoms with E-state index in [-0.39, 0.29) is 23.4 Å². The van der Waals surface area contributed by atoms with Crippen LogP contribution < -0.4 is 4.74 Å². The molecule has 0 aliphatic carbocycles. The Bertz CT molecular complexity index is 789. The second-order valence-electron chi connectivity index (χ2n) is 10.3. The predicted octanol–water partition coefficient (Wildman–Crippen LogP) is 5.73. The number of hydrogen-bond donors (Lipinski definition) is 0. The van der Waals surface area contributed by atoms with Crippen molar-refractivity contribution in [3.05, 3.63) is 28.8 Å². The molecule has 0 aliphatic heterocycles. The van der Waals surface area contributed by atoms with Gasteiger partial charge in [-0.3, -0.25) is 9.36 Å². The highest BCUT2D eigenvalue weighted by Gasteiger charge is 2.49. The van der Waals surface area contributed by atoms with Gasteiger partial charge in [-0.1, -0.05) is 41.5 Å². The van der Waals surface area contributed by atoms with Crippen molar-refractivity contribution < 1.29 is 32.6 Å². The van der Waals surface area contributed by atoms with Crippen molar-refractivity contribution in [2.24, 2.45) is 0 Å². The van der Waals surface area contributed by atoms with Crippen LogP contribution >= 0.6 is 7.60 Å². The van der Waals surface area contributed by atoms with E-state index in [4.69, 9.17) is 23.3 Å². The smallest absolute Gasteiger partial charge is 0.343 e. The van der Waals surface area contributed by atoms with Crippen molar-refractivity contribution in [1.82, 2.24) is 0 Å². The Balaban J connectivity index is 3.64. The number of ether oxygens (including phenoxy) is 3. The van der Waals surface area contributed by atoms with E-state index in [0.717, 1.165) is 11.1 Å². The van der Waals surface area contributed by atoms with Crippen molar-refractivity contribution in [2.75, 3.05) is 41.3 Å². The van der Waals surface area contributed by atoms with Gasteiger partial charge in [0.05, 0.1) is 13.2 Å². The van der Waals surface area contributed by atoms with Gasteiger partial charge in [-0.2, -0.15) is 0 Å². The second-order valence-corrected chi connectivity index (χ2v) is 13.2. The highest BCUT2D eigenvalue weighted by Crippen LogP contribution is 2.60. The Hall–Kier alpha value is -1.24. The molecule has 0 radical (unpaired) electrons. The Morgan fingerprint density at radius 2 is 1.31 bits per heavy atom. The van der Waals surface area contributed by atoms with Gasteiger partial charge in [-0.25, -0.2) is 0 Å². The van der Waals surface area contributed by atoms with Gasteiger partial charge >= 0.3 is 7.60 Å². The van der Waals surface area contributed by atoms with Crippen LogP contribution in [0.25, 0.3) is 0 Å². The summed E-state index contributed by atoms with van der Waals surface area (Å²) in [6, 6.07) is 3.64. The lowest BCUT2D eigenvalue weighted by atomic mass is 9.77. The Morgan fingerprint density at radius 3 is 1.69 bits per heavy atom. The first-order valence-electron chi connectivity index (χ1n) is 10.7. The van der Waals surface area contributed by atoms with Crippen LogP contribution in [0.4, 0.5) is 0 Å². The second kappa shape index (κ2) is 10.8. The van der Waals surface area contributed by atoms with Crippen molar-refractivity contribution in [3.63, 3.8) is 0 Å². The van der Waals surface area contributed by atoms with E-state index >= 15 is 0 Å². The van der Waals surface area contributed by atoms with Crippen LogP contribution in [0.15, 0.2) is 12.1 Å². The first-order valence-corrected chi connectivity index (χ1v) is 12.3. The molecule has 0 spiro atoms. The summed E-state index contributed by atoms with van der Waals surface area (Å²) in [6.07, 6.45) is 0. The molecule has 184 valence electrons. The zero-order chi connectivity index (χ0) is 25.0. The summed E-state index contributed by atoms with van der Waals surface area (Å²) in [7, 11) is 0.529. The largest absolute Gasteiger partial charge is 0.467 e. The van der Waals surface area contributed by atoms with Gasteiger partial charge in [0, 0.05) is 38.0 Å². The molecule has 0 saturated heterocycles. The first kappa shape index (κ1) is 28.8. The molecule has 0 unspecified atom stereocenters. The molecule has 0 heterocycles. The molecule has 0 bridgehead atoms. The van der Waals surface area contributed by atoms with Gasteiger partial charge in [0.25, 0.3) is 0 Å². The van der Waals surface area contributed by atoms with Gasteiger partial charge in [-0.05, 0) is 36.8 Å². The summed E-state index contributed by atoms with van der Waals surface area (Å²) in [5.74, 6) is 0.377. The average Bonchev–Trinajstić information content (AvgIpc) is 2.70. The predicted molar refractivity (Wildman–Crippen MR) is 127 cm³/mol. The topological polar surface area (TPSA) is 80.3 Å². The van der Waals surface area contributed by atoms with E-state index in [1.165, 1.54) is 14.2 Å². The van der Waals surface area contributed by atoms with Gasteiger partial charge in [0.15, 0.2) is 12.6 Å². The van der Waals surface area contributed by atoms with Crippen LogP contribution in [0.3, 0.4) is 0 Å². The van der Waals surface area contributed by atoms with Crippen LogP contribution in [-0.2, 0) is 33.9 Å². The molecule has 0 fully saturated rings. The minimum atomic E-state index is -3.67. The molecule has 0 aromatic heterocycles. The van der Waals surface area contributed by atoms with E-state index < -0.39 is 12.8 Å². The van der Waals surface area contributed by atoms with Gasteiger partial charge in [0.1, 0.15) is 10.9 Å². The van der Waals surface area contributed by atoms with E-state index in [2.05, 4.69) is 41.5 Å². The molecule has 0 amide bonds. The Morgan fingerprint density at radius 1 is 0.844 bits per heavy atom. The number of rotatable bonds is 11. The number of Topliss-reactive ketones (excluding diaryl/α,β-unsaturated/α-hetero) is 1. The van der Waals surface area contributed by atoms with Crippen LogP contribution in [0, 0.1) is 0 Å². The van der Waals surface area contributed by atoms with Crippen LogP contribution in [0.1, 0.15) is 76.9 Å². The lowest BCUT2D eigenvalue weighted by Gasteiger charge is -2.33. The van der Waals surface area contributed by atoms with Gasteiger partial charge in [-0.15, -0.1) is 0 Å². The molecule has 8 heteroatoms. The van der Waals surface area contributed by atoms with Crippen LogP contribution in [0.2, 0.25) is 0 Å². The van der Waals surface area contributed by atoms with Gasteiger partial charge in [0.2, 0.25) is 0 Å². The highest BCUT2D eigenvalue weighted by atomic mass is 31.2. The SMILES string of the molecule is COCCOCOc1c(C(C)(C)C)cc(C(=O)C(C)(C)P(=O)(OC)OC)cc1C(C)(C)C. The van der Waals surface area contributed by atoms with Crippen LogP contribution in [0.5, 0.6) is 5.75 Å². The maximum atomic E-state index is 13.6. The summed E-state index contributed by atoms with van der Waals surface area (Å²) in [5.41, 5.74) is 1.52. The third-order valence-electron chi connectivity index (χ3n) is 5.41. The molecule has 0 atom stereocenters. The fraction of sp³-hybridized carbons (Fsp3) is 0.708. The molecular formula is C24H41O7P. The third-order valence-corrected chi connectivity index (χ3v) is 7.94. The standard InChI is InChI=1S/C24H41O7P/c1-22(2,3)18-14-17(21(25)24(7,8)32(26,28-10)29-11)15-19(23(4,5)6)20(18)31-16-30-13-12-27-9/h14-15H,12-13,16H2,1-11H3. The zero-order valence-electron chi connectivity index (χ0n) is 21.6. The Kier molecular flexibility index (Phi) is 9.71. The third kappa shape index (κ3) is 6.42. The fourth-order valence-electron chi connectivity index (χ4n) is 3.34. The lowest BCUT2D eigenvalue weighted by Crippen LogP contribution is -2.34. The minimum Gasteiger partial charge on any atom is -0.467 e. The zero-order valence-corrected chi connectivity index (χ0v) is 22.5.